The third kappa shape index (κ3) is 5.43. The molecule has 3 aromatic rings. The summed E-state index contributed by atoms with van der Waals surface area (Å²) in [5.41, 5.74) is 5.78. The normalized spacial score (nSPS) is 10.7. The largest absolute Gasteiger partial charge is 0.489 e. The number of aryl methyl sites for hydroxylation is 1. The van der Waals surface area contributed by atoms with Gasteiger partial charge in [0.1, 0.15) is 12.4 Å². The van der Waals surface area contributed by atoms with Crippen molar-refractivity contribution < 1.29 is 9.53 Å². The molecular weight excluding hydrogens is 360 g/mol. The maximum atomic E-state index is 12.2. The summed E-state index contributed by atoms with van der Waals surface area (Å²) >= 11 is 6.10. The number of hydrazone groups is 1. The Bertz CT molecular complexity index is 956. The van der Waals surface area contributed by atoms with E-state index in [2.05, 4.69) is 10.5 Å². The summed E-state index contributed by atoms with van der Waals surface area (Å²) in [4.78, 5) is 12.2. The molecule has 5 heteroatoms. The van der Waals surface area contributed by atoms with Crippen LogP contribution in [0, 0.1) is 6.92 Å². The maximum absolute atomic E-state index is 12.2. The van der Waals surface area contributed by atoms with E-state index in [0.29, 0.717) is 17.2 Å². The van der Waals surface area contributed by atoms with Gasteiger partial charge in [-0.3, -0.25) is 4.79 Å². The van der Waals surface area contributed by atoms with Gasteiger partial charge in [0, 0.05) is 0 Å². The summed E-state index contributed by atoms with van der Waals surface area (Å²) in [5.74, 6) is 0.378. The number of halogens is 1. The molecule has 0 bridgehead atoms. The third-order valence-corrected chi connectivity index (χ3v) is 4.17. The number of amides is 1. The van der Waals surface area contributed by atoms with E-state index in [4.69, 9.17) is 16.3 Å². The molecule has 3 rings (SSSR count). The van der Waals surface area contributed by atoms with E-state index in [-0.39, 0.29) is 5.91 Å². The van der Waals surface area contributed by atoms with Gasteiger partial charge in [0.2, 0.25) is 0 Å². The highest BCUT2D eigenvalue weighted by Crippen LogP contribution is 2.17. The molecule has 4 nitrogen and oxygen atoms in total. The molecule has 136 valence electrons. The lowest BCUT2D eigenvalue weighted by molar-refractivity contribution is 0.0955. The first-order valence-electron chi connectivity index (χ1n) is 8.48. The minimum absolute atomic E-state index is 0.354. The van der Waals surface area contributed by atoms with E-state index in [0.717, 1.165) is 22.4 Å². The monoisotopic (exact) mass is 378 g/mol. The zero-order valence-electron chi connectivity index (χ0n) is 14.9. The third-order valence-electron chi connectivity index (χ3n) is 3.86. The number of carbonyl (C=O) groups excluding carboxylic acids is 1. The molecule has 0 aliphatic heterocycles. The predicted molar refractivity (Wildman–Crippen MR) is 108 cm³/mol. The summed E-state index contributed by atoms with van der Waals surface area (Å²) in [6.45, 7) is 2.41. The van der Waals surface area contributed by atoms with Gasteiger partial charge in [0.25, 0.3) is 5.91 Å². The Labute approximate surface area is 163 Å². The predicted octanol–water partition coefficient (Wildman–Crippen LogP) is 4.99. The number of hydrogen-bond acceptors (Lipinski definition) is 3. The molecule has 3 aromatic carbocycles. The molecule has 27 heavy (non-hydrogen) atoms. The second-order valence-corrected chi connectivity index (χ2v) is 6.44. The Morgan fingerprint density at radius 2 is 1.89 bits per heavy atom. The van der Waals surface area contributed by atoms with Gasteiger partial charge >= 0.3 is 0 Å². The second kappa shape index (κ2) is 9.01. The van der Waals surface area contributed by atoms with E-state index in [1.54, 1.807) is 18.3 Å². The Morgan fingerprint density at radius 1 is 1.07 bits per heavy atom. The number of hydrogen-bond donors (Lipinski definition) is 1. The van der Waals surface area contributed by atoms with Crippen molar-refractivity contribution in [2.75, 3.05) is 0 Å². The Hall–Kier alpha value is -3.11. The van der Waals surface area contributed by atoms with Gasteiger partial charge in [-0.05, 0) is 47.9 Å². The molecule has 1 amide bonds. The summed E-state index contributed by atoms with van der Waals surface area (Å²) in [6.07, 6.45) is 1.56. The maximum Gasteiger partial charge on any atom is 0.272 e. The highest BCUT2D eigenvalue weighted by atomic mass is 35.5. The smallest absolute Gasteiger partial charge is 0.272 e. The summed E-state index contributed by atoms with van der Waals surface area (Å²) in [6, 6.07) is 22.7. The van der Waals surface area contributed by atoms with E-state index >= 15 is 0 Å². The minimum atomic E-state index is -0.354. The molecule has 0 saturated heterocycles. The van der Waals surface area contributed by atoms with Gasteiger partial charge in [0.15, 0.2) is 0 Å². The SMILES string of the molecule is Cc1ccc(C(=O)N/N=C\c2cccc(OCc3ccccc3)c2)c(Cl)c1. The Balaban J connectivity index is 1.59. The van der Waals surface area contributed by atoms with Crippen molar-refractivity contribution in [1.29, 1.82) is 0 Å². The molecule has 0 unspecified atom stereocenters. The van der Waals surface area contributed by atoms with Crippen LogP contribution in [0.3, 0.4) is 0 Å². The first-order chi connectivity index (χ1) is 13.1. The lowest BCUT2D eigenvalue weighted by Gasteiger charge is -2.07. The molecule has 0 fully saturated rings. The van der Waals surface area contributed by atoms with Gasteiger partial charge in [-0.2, -0.15) is 5.10 Å². The Kier molecular flexibility index (Phi) is 6.23. The number of carbonyl (C=O) groups is 1. The van der Waals surface area contributed by atoms with Gasteiger partial charge in [0.05, 0.1) is 16.8 Å². The van der Waals surface area contributed by atoms with Crippen molar-refractivity contribution in [3.05, 3.63) is 100 Å². The standard InChI is InChI=1S/C22H19ClN2O2/c1-16-10-11-20(21(23)12-16)22(26)25-24-14-18-8-5-9-19(13-18)27-15-17-6-3-2-4-7-17/h2-14H,15H2,1H3,(H,25,26)/b24-14-. The fourth-order valence-corrected chi connectivity index (χ4v) is 2.78. The van der Waals surface area contributed by atoms with Crippen LogP contribution in [-0.2, 0) is 6.61 Å². The fraction of sp³-hybridized carbons (Fsp3) is 0.0909. The van der Waals surface area contributed by atoms with Gasteiger partial charge in [-0.25, -0.2) is 5.43 Å². The van der Waals surface area contributed by atoms with Crippen molar-refractivity contribution in [3.8, 4) is 5.75 Å². The molecule has 0 aromatic heterocycles. The van der Waals surface area contributed by atoms with E-state index in [1.165, 1.54) is 0 Å². The molecule has 0 radical (unpaired) electrons. The number of ether oxygens (including phenoxy) is 1. The lowest BCUT2D eigenvalue weighted by atomic mass is 10.1. The average molecular weight is 379 g/mol. The van der Waals surface area contributed by atoms with Gasteiger partial charge in [-0.1, -0.05) is 60.1 Å². The summed E-state index contributed by atoms with van der Waals surface area (Å²) in [5, 5.41) is 4.40. The van der Waals surface area contributed by atoms with Crippen molar-refractivity contribution in [2.24, 2.45) is 5.10 Å². The quantitative estimate of drug-likeness (QED) is 0.485. The molecule has 0 heterocycles. The van der Waals surface area contributed by atoms with E-state index in [9.17, 15) is 4.79 Å². The highest BCUT2D eigenvalue weighted by molar-refractivity contribution is 6.33. The van der Waals surface area contributed by atoms with Crippen LogP contribution in [-0.4, -0.2) is 12.1 Å². The number of nitrogens with one attached hydrogen (secondary N) is 1. The van der Waals surface area contributed by atoms with Crippen LogP contribution in [0.25, 0.3) is 0 Å². The van der Waals surface area contributed by atoms with E-state index in [1.807, 2.05) is 67.6 Å². The number of rotatable bonds is 6. The molecule has 0 atom stereocenters. The van der Waals surface area contributed by atoms with Crippen molar-refractivity contribution >= 4 is 23.7 Å². The van der Waals surface area contributed by atoms with Crippen LogP contribution >= 0.6 is 11.6 Å². The topological polar surface area (TPSA) is 50.7 Å². The second-order valence-electron chi connectivity index (χ2n) is 6.03. The van der Waals surface area contributed by atoms with Crippen LogP contribution < -0.4 is 10.2 Å². The number of nitrogens with zero attached hydrogens (tertiary/aromatic N) is 1. The van der Waals surface area contributed by atoms with Crippen molar-refractivity contribution in [1.82, 2.24) is 5.43 Å². The summed E-state index contributed by atoms with van der Waals surface area (Å²) < 4.78 is 5.79. The molecular formula is C22H19ClN2O2. The van der Waals surface area contributed by atoms with Gasteiger partial charge in [-0.15, -0.1) is 0 Å². The summed E-state index contributed by atoms with van der Waals surface area (Å²) in [7, 11) is 0. The zero-order chi connectivity index (χ0) is 19.1. The van der Waals surface area contributed by atoms with Crippen LogP contribution in [0.15, 0.2) is 77.9 Å². The van der Waals surface area contributed by atoms with Gasteiger partial charge < -0.3 is 4.74 Å². The highest BCUT2D eigenvalue weighted by Gasteiger charge is 2.09. The number of benzene rings is 3. The van der Waals surface area contributed by atoms with Crippen LogP contribution in [0.2, 0.25) is 5.02 Å². The first-order valence-corrected chi connectivity index (χ1v) is 8.86. The van der Waals surface area contributed by atoms with Crippen molar-refractivity contribution in [2.45, 2.75) is 13.5 Å². The van der Waals surface area contributed by atoms with Crippen LogP contribution in [0.5, 0.6) is 5.75 Å². The molecule has 0 aliphatic rings. The molecule has 0 aliphatic carbocycles. The van der Waals surface area contributed by atoms with E-state index < -0.39 is 0 Å². The Morgan fingerprint density at radius 3 is 2.67 bits per heavy atom. The lowest BCUT2D eigenvalue weighted by Crippen LogP contribution is -2.18. The van der Waals surface area contributed by atoms with Crippen molar-refractivity contribution in [3.63, 3.8) is 0 Å². The fourth-order valence-electron chi connectivity index (χ4n) is 2.46. The molecule has 1 N–H and O–H groups in total. The van der Waals surface area contributed by atoms with Crippen LogP contribution in [0.1, 0.15) is 27.0 Å². The average Bonchev–Trinajstić information content (AvgIpc) is 2.67. The molecule has 0 saturated carbocycles. The minimum Gasteiger partial charge on any atom is -0.489 e. The molecule has 0 spiro atoms. The van der Waals surface area contributed by atoms with Crippen LogP contribution in [0.4, 0.5) is 0 Å². The zero-order valence-corrected chi connectivity index (χ0v) is 15.6. The first kappa shape index (κ1) is 18.7.